The molecule has 30 heavy (non-hydrogen) atoms. The molecular formula is C24H27N3O3. The molecule has 0 saturated carbocycles. The van der Waals surface area contributed by atoms with E-state index in [1.54, 1.807) is 30.5 Å². The molecule has 0 radical (unpaired) electrons. The van der Waals surface area contributed by atoms with Crippen LogP contribution >= 0.6 is 0 Å². The van der Waals surface area contributed by atoms with Crippen LogP contribution in [0.1, 0.15) is 36.8 Å². The summed E-state index contributed by atoms with van der Waals surface area (Å²) in [6.45, 7) is 3.62. The Labute approximate surface area is 176 Å². The molecule has 2 aromatic carbocycles. The van der Waals surface area contributed by atoms with Crippen LogP contribution in [0.2, 0.25) is 0 Å². The number of aryl methyl sites for hydroxylation is 1. The number of hydrogen-bond acceptors (Lipinski definition) is 3. The largest absolute Gasteiger partial charge is 0.464 e. The third-order valence-electron chi connectivity index (χ3n) is 5.48. The highest BCUT2D eigenvalue weighted by Gasteiger charge is 2.15. The Morgan fingerprint density at radius 1 is 0.933 bits per heavy atom. The first kappa shape index (κ1) is 20.0. The molecule has 0 aliphatic carbocycles. The molecule has 3 aromatic rings. The number of amides is 3. The van der Waals surface area contributed by atoms with E-state index < -0.39 is 0 Å². The van der Waals surface area contributed by atoms with Gasteiger partial charge in [-0.2, -0.15) is 0 Å². The predicted molar refractivity (Wildman–Crippen MR) is 119 cm³/mol. The fourth-order valence-electron chi connectivity index (χ4n) is 3.82. The van der Waals surface area contributed by atoms with Gasteiger partial charge in [-0.1, -0.05) is 25.0 Å². The molecule has 0 atom stereocenters. The van der Waals surface area contributed by atoms with Crippen LogP contribution in [0.15, 0.2) is 53.1 Å². The Morgan fingerprint density at radius 2 is 1.60 bits per heavy atom. The normalized spacial score (nSPS) is 14.4. The monoisotopic (exact) mass is 405 g/mol. The topological polar surface area (TPSA) is 74.6 Å². The molecule has 6 heteroatoms. The average Bonchev–Trinajstić information content (AvgIpc) is 2.93. The predicted octanol–water partition coefficient (Wildman–Crippen LogP) is 5.33. The van der Waals surface area contributed by atoms with Gasteiger partial charge in [-0.05, 0) is 55.7 Å². The number of urea groups is 1. The number of nitrogens with one attached hydrogen (secondary N) is 2. The zero-order valence-electron chi connectivity index (χ0n) is 17.2. The van der Waals surface area contributed by atoms with Gasteiger partial charge in [-0.3, -0.25) is 4.79 Å². The van der Waals surface area contributed by atoms with Gasteiger partial charge in [0, 0.05) is 35.4 Å². The van der Waals surface area contributed by atoms with Gasteiger partial charge < -0.3 is 20.0 Å². The van der Waals surface area contributed by atoms with E-state index in [9.17, 15) is 9.59 Å². The quantitative estimate of drug-likeness (QED) is 0.616. The Balaban J connectivity index is 1.33. The van der Waals surface area contributed by atoms with E-state index in [4.69, 9.17) is 4.42 Å². The molecule has 1 aliphatic rings. The summed E-state index contributed by atoms with van der Waals surface area (Å²) in [7, 11) is 0. The number of likely N-dealkylation sites (tertiary alicyclic amines) is 1. The Bertz CT molecular complexity index is 1030. The van der Waals surface area contributed by atoms with E-state index in [2.05, 4.69) is 10.6 Å². The maximum atomic E-state index is 12.5. The van der Waals surface area contributed by atoms with Crippen LogP contribution in [0.25, 0.3) is 11.0 Å². The van der Waals surface area contributed by atoms with E-state index in [0.717, 1.165) is 53.7 Å². The van der Waals surface area contributed by atoms with Crippen molar-refractivity contribution in [3.63, 3.8) is 0 Å². The zero-order chi connectivity index (χ0) is 20.9. The highest BCUT2D eigenvalue weighted by Crippen LogP contribution is 2.23. The summed E-state index contributed by atoms with van der Waals surface area (Å²) in [5.74, 6) is -0.111. The van der Waals surface area contributed by atoms with E-state index in [1.807, 2.05) is 30.0 Å². The van der Waals surface area contributed by atoms with Crippen LogP contribution in [-0.2, 0) is 11.2 Å². The lowest BCUT2D eigenvalue weighted by molar-refractivity contribution is -0.115. The van der Waals surface area contributed by atoms with Gasteiger partial charge >= 0.3 is 6.03 Å². The minimum Gasteiger partial charge on any atom is -0.464 e. The van der Waals surface area contributed by atoms with Crippen molar-refractivity contribution in [2.24, 2.45) is 0 Å². The molecule has 4 rings (SSSR count). The Morgan fingerprint density at radius 3 is 2.30 bits per heavy atom. The Hall–Kier alpha value is -3.28. The number of nitrogens with zero attached hydrogens (tertiary/aromatic N) is 1. The van der Waals surface area contributed by atoms with Crippen molar-refractivity contribution in [2.75, 3.05) is 23.7 Å². The Kier molecular flexibility index (Phi) is 6.02. The number of anilines is 2. The smallest absolute Gasteiger partial charge is 0.321 e. The lowest BCUT2D eigenvalue weighted by atomic mass is 10.1. The van der Waals surface area contributed by atoms with Crippen molar-refractivity contribution in [1.29, 1.82) is 0 Å². The van der Waals surface area contributed by atoms with Crippen LogP contribution in [0, 0.1) is 6.92 Å². The van der Waals surface area contributed by atoms with Crippen molar-refractivity contribution in [2.45, 2.75) is 39.0 Å². The first-order chi connectivity index (χ1) is 14.6. The summed E-state index contributed by atoms with van der Waals surface area (Å²) >= 11 is 0. The number of furan rings is 1. The standard InChI is InChI=1S/C24H27N3O3/c1-17-6-11-21-18(16-30-22(21)14-17)15-23(28)25-19-7-9-20(10-8-19)26-24(29)27-12-4-2-3-5-13-27/h6-11,14,16H,2-5,12-13,15H2,1H3,(H,25,28)(H,26,29). The fourth-order valence-corrected chi connectivity index (χ4v) is 3.82. The zero-order valence-corrected chi connectivity index (χ0v) is 17.2. The van der Waals surface area contributed by atoms with E-state index >= 15 is 0 Å². The molecule has 1 saturated heterocycles. The summed E-state index contributed by atoms with van der Waals surface area (Å²) in [4.78, 5) is 26.8. The van der Waals surface area contributed by atoms with Gasteiger partial charge in [0.25, 0.3) is 0 Å². The fraction of sp³-hybridized carbons (Fsp3) is 0.333. The van der Waals surface area contributed by atoms with Crippen molar-refractivity contribution in [3.8, 4) is 0 Å². The molecule has 0 spiro atoms. The number of fused-ring (bicyclic) bond motifs is 1. The van der Waals surface area contributed by atoms with Gasteiger partial charge in [-0.25, -0.2) is 4.79 Å². The lowest BCUT2D eigenvalue weighted by Crippen LogP contribution is -2.35. The summed E-state index contributed by atoms with van der Waals surface area (Å²) in [5.41, 5.74) is 4.19. The third kappa shape index (κ3) is 4.82. The molecule has 6 nitrogen and oxygen atoms in total. The summed E-state index contributed by atoms with van der Waals surface area (Å²) in [6, 6.07) is 13.1. The van der Waals surface area contributed by atoms with Gasteiger partial charge in [0.2, 0.25) is 5.91 Å². The minimum absolute atomic E-state index is 0.0595. The first-order valence-electron chi connectivity index (χ1n) is 10.5. The van der Waals surface area contributed by atoms with Crippen LogP contribution in [-0.4, -0.2) is 29.9 Å². The maximum Gasteiger partial charge on any atom is 0.321 e. The van der Waals surface area contributed by atoms with Crippen molar-refractivity contribution >= 4 is 34.3 Å². The van der Waals surface area contributed by atoms with Gasteiger partial charge in [-0.15, -0.1) is 0 Å². The van der Waals surface area contributed by atoms with Gasteiger partial charge in [0.1, 0.15) is 5.58 Å². The average molecular weight is 405 g/mol. The first-order valence-corrected chi connectivity index (χ1v) is 10.5. The SMILES string of the molecule is Cc1ccc2c(CC(=O)Nc3ccc(NC(=O)N4CCCCCC4)cc3)coc2c1. The molecule has 3 amide bonds. The van der Waals surface area contributed by atoms with E-state index in [-0.39, 0.29) is 18.4 Å². The van der Waals surface area contributed by atoms with E-state index in [0.29, 0.717) is 5.69 Å². The van der Waals surface area contributed by atoms with Gasteiger partial charge in [0.15, 0.2) is 0 Å². The van der Waals surface area contributed by atoms with Crippen molar-refractivity contribution < 1.29 is 14.0 Å². The van der Waals surface area contributed by atoms with E-state index in [1.165, 1.54) is 12.8 Å². The molecule has 2 heterocycles. The number of carbonyl (C=O) groups is 2. The molecular weight excluding hydrogens is 378 g/mol. The van der Waals surface area contributed by atoms with Crippen LogP contribution < -0.4 is 10.6 Å². The highest BCUT2D eigenvalue weighted by molar-refractivity contribution is 5.96. The number of hydrogen-bond donors (Lipinski definition) is 2. The molecule has 0 unspecified atom stereocenters. The second-order valence-corrected chi connectivity index (χ2v) is 7.89. The third-order valence-corrected chi connectivity index (χ3v) is 5.48. The second kappa shape index (κ2) is 9.03. The number of carbonyl (C=O) groups excluding carboxylic acids is 2. The molecule has 2 N–H and O–H groups in total. The minimum atomic E-state index is -0.111. The molecule has 1 aromatic heterocycles. The van der Waals surface area contributed by atoms with Crippen LogP contribution in [0.3, 0.4) is 0 Å². The number of rotatable bonds is 4. The summed E-state index contributed by atoms with van der Waals surface area (Å²) in [6.07, 6.45) is 6.38. The second-order valence-electron chi connectivity index (χ2n) is 7.89. The summed E-state index contributed by atoms with van der Waals surface area (Å²) in [5, 5.41) is 6.81. The van der Waals surface area contributed by atoms with Crippen LogP contribution in [0.4, 0.5) is 16.2 Å². The molecule has 0 bridgehead atoms. The van der Waals surface area contributed by atoms with Gasteiger partial charge in [0.05, 0.1) is 12.7 Å². The van der Waals surface area contributed by atoms with Crippen molar-refractivity contribution in [1.82, 2.24) is 4.90 Å². The molecule has 1 aliphatic heterocycles. The number of benzene rings is 2. The highest BCUT2D eigenvalue weighted by atomic mass is 16.3. The van der Waals surface area contributed by atoms with Crippen molar-refractivity contribution in [3.05, 3.63) is 59.9 Å². The maximum absolute atomic E-state index is 12.5. The summed E-state index contributed by atoms with van der Waals surface area (Å²) < 4.78 is 5.57. The van der Waals surface area contributed by atoms with Crippen LogP contribution in [0.5, 0.6) is 0 Å². The molecule has 156 valence electrons. The molecule has 1 fully saturated rings. The lowest BCUT2D eigenvalue weighted by Gasteiger charge is -2.20.